The van der Waals surface area contributed by atoms with E-state index in [2.05, 4.69) is 59.1 Å². The first-order valence-electron chi connectivity index (χ1n) is 26.3. The second-order valence-electron chi connectivity index (χ2n) is 18.4. The Morgan fingerprint density at radius 2 is 1.11 bits per heavy atom. The lowest BCUT2D eigenvalue weighted by Crippen LogP contribution is -2.60. The van der Waals surface area contributed by atoms with Gasteiger partial charge in [-0.1, -0.05) is 32.4 Å². The second kappa shape index (κ2) is 35.4. The molecule has 25 nitrogen and oxygen atoms in total. The number of hydrogen-bond acceptors (Lipinski definition) is 18. The Balaban J connectivity index is 1.80. The van der Waals surface area contributed by atoms with Crippen LogP contribution in [-0.2, 0) is 35.3 Å². The standard InChI is InChI=1S/C49H85N17O8S/c1-3-5-26-56-48-64-40(55)39-41(65-48)66(49(74)63-39)28-31-18-20-32(21-19-31)57-43(69)34(14-6-10-22-50)58-44(70)35(15-7-11-23-51)59-45(71)36(16-8-12-24-52)60-46(72)37(17-9-13-25-53)61-47(73)38(29-67)62-42(68)33(54)30-75-27-4-2/h18-21,33-38,67H,3-17,22-30,50-54H2,1-2H3,(H,57,69)(H,58,70)(H,59,71)(H,60,72)(H,61,73)(H,62,68)(H,63,74)(H3,55,56,64,65)/t33-,34-,35+,36+,37+,38+/m1/s1. The van der Waals surface area contributed by atoms with E-state index in [0.717, 1.165) is 30.6 Å². The number of nitrogens with two attached hydrogens (primary N) is 6. The predicted molar refractivity (Wildman–Crippen MR) is 294 cm³/mol. The maximum absolute atomic E-state index is 14.2. The fraction of sp³-hybridized carbons (Fsp3) is 0.653. The minimum atomic E-state index is -1.41. The summed E-state index contributed by atoms with van der Waals surface area (Å²) in [4.78, 5) is 107. The van der Waals surface area contributed by atoms with E-state index in [1.807, 2.05) is 6.92 Å². The molecule has 0 spiro atoms. The summed E-state index contributed by atoms with van der Waals surface area (Å²) >= 11 is 1.48. The van der Waals surface area contributed by atoms with E-state index in [4.69, 9.17) is 34.4 Å². The van der Waals surface area contributed by atoms with Crippen LogP contribution in [0.15, 0.2) is 29.1 Å². The van der Waals surface area contributed by atoms with Crippen molar-refractivity contribution < 1.29 is 33.9 Å². The van der Waals surface area contributed by atoms with Crippen LogP contribution in [0.4, 0.5) is 17.5 Å². The maximum Gasteiger partial charge on any atom is 0.328 e. The number of hydrogen-bond donors (Lipinski definition) is 15. The molecule has 0 aliphatic heterocycles. The number of aromatic amines is 1. The van der Waals surface area contributed by atoms with Crippen molar-refractivity contribution in [2.75, 3.05) is 67.2 Å². The molecule has 0 saturated carbocycles. The molecule has 2 aromatic heterocycles. The second-order valence-corrected chi connectivity index (χ2v) is 19.6. The van der Waals surface area contributed by atoms with Crippen molar-refractivity contribution in [1.29, 1.82) is 0 Å². The topological polar surface area (TPSA) is 427 Å². The number of anilines is 3. The molecule has 75 heavy (non-hydrogen) atoms. The van der Waals surface area contributed by atoms with Crippen molar-refractivity contribution in [3.05, 3.63) is 40.3 Å². The number of carbonyl (C=O) groups excluding carboxylic acids is 6. The van der Waals surface area contributed by atoms with Crippen LogP contribution < -0.4 is 77.3 Å². The number of imidazole rings is 1. The number of aromatic nitrogens is 4. The van der Waals surface area contributed by atoms with Crippen LogP contribution in [-0.4, -0.2) is 147 Å². The summed E-state index contributed by atoms with van der Waals surface area (Å²) in [6, 6.07) is -0.112. The fourth-order valence-corrected chi connectivity index (χ4v) is 8.66. The van der Waals surface area contributed by atoms with E-state index in [1.165, 1.54) is 16.3 Å². The third-order valence-electron chi connectivity index (χ3n) is 12.1. The molecule has 0 aliphatic carbocycles. The Hall–Kier alpha value is -5.90. The summed E-state index contributed by atoms with van der Waals surface area (Å²) in [7, 11) is 0. The van der Waals surface area contributed by atoms with Gasteiger partial charge in [-0.3, -0.25) is 33.3 Å². The van der Waals surface area contributed by atoms with Gasteiger partial charge in [-0.05, 0) is 140 Å². The Labute approximate surface area is 443 Å². The number of nitrogens with zero attached hydrogens (tertiary/aromatic N) is 3. The average Bonchev–Trinajstić information content (AvgIpc) is 3.71. The average molecular weight is 1070 g/mol. The van der Waals surface area contributed by atoms with Gasteiger partial charge in [0.15, 0.2) is 11.5 Å². The lowest BCUT2D eigenvalue weighted by Gasteiger charge is -2.27. The van der Waals surface area contributed by atoms with E-state index in [0.29, 0.717) is 113 Å². The summed E-state index contributed by atoms with van der Waals surface area (Å²) in [5, 5.41) is 29.6. The molecule has 2 heterocycles. The monoisotopic (exact) mass is 1070 g/mol. The van der Waals surface area contributed by atoms with E-state index in [-0.39, 0.29) is 38.0 Å². The molecular formula is C49H85N17O8S. The van der Waals surface area contributed by atoms with Crippen LogP contribution in [0, 0.1) is 0 Å². The first-order valence-corrected chi connectivity index (χ1v) is 27.5. The number of rotatable bonds is 39. The summed E-state index contributed by atoms with van der Waals surface area (Å²) in [5.74, 6) is -2.49. The molecule has 6 atom stereocenters. The van der Waals surface area contributed by atoms with Crippen LogP contribution in [0.3, 0.4) is 0 Å². The molecule has 3 aromatic rings. The molecule has 0 saturated heterocycles. The van der Waals surface area contributed by atoms with Gasteiger partial charge in [0.2, 0.25) is 41.4 Å². The number of amides is 6. The van der Waals surface area contributed by atoms with Gasteiger partial charge in [0, 0.05) is 18.0 Å². The van der Waals surface area contributed by atoms with Crippen molar-refractivity contribution >= 4 is 75.8 Å². The minimum absolute atomic E-state index is 0.114. The Bertz CT molecular complexity index is 2280. The molecule has 0 fully saturated rings. The highest BCUT2D eigenvalue weighted by molar-refractivity contribution is 7.99. The number of benzene rings is 1. The first-order chi connectivity index (χ1) is 36.1. The molecule has 1 aromatic carbocycles. The van der Waals surface area contributed by atoms with E-state index < -0.39 is 84.0 Å². The largest absolute Gasteiger partial charge is 0.394 e. The summed E-state index contributed by atoms with van der Waals surface area (Å²) < 4.78 is 1.45. The molecule has 420 valence electrons. The van der Waals surface area contributed by atoms with Gasteiger partial charge in [-0.2, -0.15) is 21.7 Å². The van der Waals surface area contributed by atoms with Crippen LogP contribution in [0.1, 0.15) is 116 Å². The molecule has 0 bridgehead atoms. The van der Waals surface area contributed by atoms with Gasteiger partial charge in [0.05, 0.1) is 19.2 Å². The Morgan fingerprint density at radius 1 is 0.640 bits per heavy atom. The van der Waals surface area contributed by atoms with Crippen molar-refractivity contribution in [3.8, 4) is 0 Å². The van der Waals surface area contributed by atoms with Gasteiger partial charge < -0.3 is 81.7 Å². The number of fused-ring (bicyclic) bond motifs is 1. The highest BCUT2D eigenvalue weighted by Gasteiger charge is 2.33. The molecule has 0 unspecified atom stereocenters. The number of nitrogen functional groups attached to an aromatic ring is 1. The number of aliphatic hydroxyl groups excluding tert-OH is 1. The molecular weight excluding hydrogens is 987 g/mol. The molecule has 0 radical (unpaired) electrons. The molecule has 3 rings (SSSR count). The SMILES string of the molecule is CCCCNc1nc(N)c2[nH]c(=O)n(Cc3ccc(NC(=O)[C@@H](CCCCN)NC(=O)[C@H](CCCCN)NC(=O)[C@H](CCCCN)NC(=O)[C@H](CCCCN)NC(=O)[C@H](CO)NC(=O)[C@H](N)CSCCC)cc3)c2n1. The van der Waals surface area contributed by atoms with Gasteiger partial charge in [-0.25, -0.2) is 4.79 Å². The number of aliphatic hydroxyl groups is 1. The van der Waals surface area contributed by atoms with Gasteiger partial charge >= 0.3 is 5.69 Å². The number of thioether (sulfide) groups is 1. The molecule has 6 amide bonds. The van der Waals surface area contributed by atoms with Gasteiger partial charge in [-0.15, -0.1) is 0 Å². The van der Waals surface area contributed by atoms with Crippen molar-refractivity contribution in [2.24, 2.45) is 28.7 Å². The van der Waals surface area contributed by atoms with Crippen molar-refractivity contribution in [2.45, 2.75) is 153 Å². The third-order valence-corrected chi connectivity index (χ3v) is 13.4. The van der Waals surface area contributed by atoms with Crippen LogP contribution in [0.2, 0.25) is 0 Å². The number of unbranched alkanes of at least 4 members (excludes halogenated alkanes) is 5. The number of carbonyl (C=O) groups is 6. The quantitative estimate of drug-likeness (QED) is 0.0314. The molecule has 21 N–H and O–H groups in total. The Morgan fingerprint density at radius 3 is 1.56 bits per heavy atom. The first kappa shape index (κ1) is 63.4. The number of H-pyrrole nitrogens is 1. The minimum Gasteiger partial charge on any atom is -0.394 e. The fourth-order valence-electron chi connectivity index (χ4n) is 7.80. The van der Waals surface area contributed by atoms with Crippen molar-refractivity contribution in [1.82, 2.24) is 46.1 Å². The lowest BCUT2D eigenvalue weighted by molar-refractivity contribution is -0.135. The zero-order valence-electron chi connectivity index (χ0n) is 43.8. The summed E-state index contributed by atoms with van der Waals surface area (Å²) in [6.45, 7) is 5.37. The van der Waals surface area contributed by atoms with E-state index in [9.17, 15) is 38.7 Å². The highest BCUT2D eigenvalue weighted by atomic mass is 32.2. The summed E-state index contributed by atoms with van der Waals surface area (Å²) in [6.07, 6.45) is 7.29. The molecule has 0 aliphatic rings. The lowest BCUT2D eigenvalue weighted by atomic mass is 10.0. The predicted octanol–water partition coefficient (Wildman–Crippen LogP) is -0.697. The third kappa shape index (κ3) is 22.1. The zero-order chi connectivity index (χ0) is 55.1. The highest BCUT2D eigenvalue weighted by Crippen LogP contribution is 2.19. The summed E-state index contributed by atoms with van der Waals surface area (Å²) in [5.41, 5.74) is 36.7. The van der Waals surface area contributed by atoms with Crippen LogP contribution >= 0.6 is 11.8 Å². The van der Waals surface area contributed by atoms with Gasteiger partial charge in [0.25, 0.3) is 0 Å². The van der Waals surface area contributed by atoms with E-state index >= 15 is 0 Å². The van der Waals surface area contributed by atoms with Crippen molar-refractivity contribution in [3.63, 3.8) is 0 Å². The van der Waals surface area contributed by atoms with Crippen LogP contribution in [0.5, 0.6) is 0 Å². The van der Waals surface area contributed by atoms with E-state index in [1.54, 1.807) is 24.3 Å². The van der Waals surface area contributed by atoms with Gasteiger partial charge in [0.1, 0.15) is 35.7 Å². The normalized spacial score (nSPS) is 13.7. The zero-order valence-corrected chi connectivity index (χ0v) is 44.6. The van der Waals surface area contributed by atoms with Crippen LogP contribution in [0.25, 0.3) is 11.2 Å². The Kier molecular flexibility index (Phi) is 29.9. The maximum atomic E-state index is 14.2. The number of nitrogens with one attached hydrogen (secondary N) is 8. The molecule has 26 heteroatoms. The smallest absolute Gasteiger partial charge is 0.328 e.